The van der Waals surface area contributed by atoms with Crippen LogP contribution in [0.1, 0.15) is 32.4 Å². The third kappa shape index (κ3) is 3.98. The second kappa shape index (κ2) is 5.24. The predicted octanol–water partition coefficient (Wildman–Crippen LogP) is 1.75. The number of nitrogens with zero attached hydrogens (tertiary/aromatic N) is 1. The molecule has 0 aliphatic heterocycles. The van der Waals surface area contributed by atoms with Crippen molar-refractivity contribution in [1.82, 2.24) is 10.3 Å². The van der Waals surface area contributed by atoms with Gasteiger partial charge in [0, 0.05) is 37.0 Å². The van der Waals surface area contributed by atoms with Crippen molar-refractivity contribution in [2.75, 3.05) is 13.2 Å². The largest absolute Gasteiger partial charge is 0.396 e. The predicted molar refractivity (Wildman–Crippen MR) is 61.5 cm³/mol. The van der Waals surface area contributed by atoms with E-state index in [1.54, 1.807) is 12.4 Å². The first kappa shape index (κ1) is 12.1. The highest BCUT2D eigenvalue weighted by Gasteiger charge is 2.17. The van der Waals surface area contributed by atoms with Crippen LogP contribution in [0.25, 0.3) is 0 Å². The Kier molecular flexibility index (Phi) is 4.24. The molecule has 2 N–H and O–H groups in total. The van der Waals surface area contributed by atoms with Crippen molar-refractivity contribution in [1.29, 1.82) is 0 Å². The third-order valence-electron chi connectivity index (χ3n) is 2.52. The minimum atomic E-state index is -0.0682. The summed E-state index contributed by atoms with van der Waals surface area (Å²) in [6.07, 6.45) is 3.59. The fourth-order valence-electron chi connectivity index (χ4n) is 1.26. The molecule has 0 amide bonds. The summed E-state index contributed by atoms with van der Waals surface area (Å²) in [4.78, 5) is 3.99. The molecule has 0 saturated heterocycles. The van der Waals surface area contributed by atoms with Gasteiger partial charge in [0.15, 0.2) is 0 Å². The van der Waals surface area contributed by atoms with E-state index in [4.69, 9.17) is 5.11 Å². The molecule has 0 fully saturated rings. The van der Waals surface area contributed by atoms with Crippen LogP contribution in [0.2, 0.25) is 0 Å². The first-order valence-corrected chi connectivity index (χ1v) is 5.29. The lowest BCUT2D eigenvalue weighted by molar-refractivity contribution is 0.154. The molecule has 0 aliphatic carbocycles. The fourth-order valence-corrected chi connectivity index (χ4v) is 1.26. The summed E-state index contributed by atoms with van der Waals surface area (Å²) in [7, 11) is 0. The minimum absolute atomic E-state index is 0.0682. The Bertz CT molecular complexity index is 285. The number of aliphatic hydroxyl groups is 1. The average molecular weight is 208 g/mol. The zero-order chi connectivity index (χ0) is 11.3. The number of pyridine rings is 1. The Morgan fingerprint density at radius 3 is 2.53 bits per heavy atom. The average Bonchev–Trinajstić information content (AvgIpc) is 2.27. The lowest BCUT2D eigenvalue weighted by Crippen LogP contribution is -2.33. The molecular formula is C12H20N2O. The van der Waals surface area contributed by atoms with Gasteiger partial charge in [0.25, 0.3) is 0 Å². The first-order chi connectivity index (χ1) is 7.05. The summed E-state index contributed by atoms with van der Waals surface area (Å²) in [6.45, 7) is 7.19. The lowest BCUT2D eigenvalue weighted by Gasteiger charge is -2.25. The maximum atomic E-state index is 9.13. The standard InChI is InChI=1S/C12H20N2O/c1-10(11-4-6-13-7-5-11)14-8-12(2,3)9-15/h4-7,10,14-15H,8-9H2,1-3H3/t10-/m1/s1. The van der Waals surface area contributed by atoms with Gasteiger partial charge < -0.3 is 10.4 Å². The summed E-state index contributed by atoms with van der Waals surface area (Å²) < 4.78 is 0. The van der Waals surface area contributed by atoms with Gasteiger partial charge in [-0.05, 0) is 24.6 Å². The van der Waals surface area contributed by atoms with Crippen LogP contribution in [0.5, 0.6) is 0 Å². The molecule has 0 unspecified atom stereocenters. The van der Waals surface area contributed by atoms with E-state index in [9.17, 15) is 0 Å². The molecule has 3 heteroatoms. The van der Waals surface area contributed by atoms with Gasteiger partial charge in [-0.3, -0.25) is 4.98 Å². The van der Waals surface area contributed by atoms with Crippen LogP contribution in [-0.4, -0.2) is 23.2 Å². The van der Waals surface area contributed by atoms with Crippen LogP contribution in [0.3, 0.4) is 0 Å². The second-order valence-corrected chi connectivity index (χ2v) is 4.71. The Morgan fingerprint density at radius 1 is 1.40 bits per heavy atom. The normalized spacial score (nSPS) is 13.9. The summed E-state index contributed by atoms with van der Waals surface area (Å²) in [6, 6.07) is 4.30. The summed E-state index contributed by atoms with van der Waals surface area (Å²) in [5.41, 5.74) is 1.15. The zero-order valence-corrected chi connectivity index (χ0v) is 9.70. The molecule has 1 aromatic rings. The number of hydrogen-bond donors (Lipinski definition) is 2. The van der Waals surface area contributed by atoms with Crippen molar-refractivity contribution in [2.24, 2.45) is 5.41 Å². The lowest BCUT2D eigenvalue weighted by atomic mass is 9.94. The molecule has 3 nitrogen and oxygen atoms in total. The Labute approximate surface area is 91.5 Å². The van der Waals surface area contributed by atoms with Crippen LogP contribution >= 0.6 is 0 Å². The molecular weight excluding hydrogens is 188 g/mol. The number of aromatic nitrogens is 1. The number of aliphatic hydroxyl groups excluding tert-OH is 1. The van der Waals surface area contributed by atoms with E-state index in [1.807, 2.05) is 26.0 Å². The monoisotopic (exact) mass is 208 g/mol. The highest BCUT2D eigenvalue weighted by Crippen LogP contribution is 2.15. The fraction of sp³-hybridized carbons (Fsp3) is 0.583. The molecule has 15 heavy (non-hydrogen) atoms. The second-order valence-electron chi connectivity index (χ2n) is 4.71. The van der Waals surface area contributed by atoms with Gasteiger partial charge in [-0.25, -0.2) is 0 Å². The quantitative estimate of drug-likeness (QED) is 0.775. The molecule has 0 spiro atoms. The molecule has 0 aliphatic rings. The van der Waals surface area contributed by atoms with E-state index in [2.05, 4.69) is 17.2 Å². The molecule has 1 rings (SSSR count). The van der Waals surface area contributed by atoms with E-state index < -0.39 is 0 Å². The smallest absolute Gasteiger partial charge is 0.0494 e. The van der Waals surface area contributed by atoms with Crippen LogP contribution in [0.4, 0.5) is 0 Å². The van der Waals surface area contributed by atoms with Crippen molar-refractivity contribution in [3.05, 3.63) is 30.1 Å². The van der Waals surface area contributed by atoms with Gasteiger partial charge in [-0.15, -0.1) is 0 Å². The van der Waals surface area contributed by atoms with Crippen molar-refractivity contribution in [3.63, 3.8) is 0 Å². The molecule has 0 saturated carbocycles. The number of nitrogens with one attached hydrogen (secondary N) is 1. The summed E-state index contributed by atoms with van der Waals surface area (Å²) >= 11 is 0. The summed E-state index contributed by atoms with van der Waals surface area (Å²) in [5.74, 6) is 0. The Balaban J connectivity index is 2.47. The molecule has 1 heterocycles. The van der Waals surface area contributed by atoms with E-state index in [-0.39, 0.29) is 12.0 Å². The van der Waals surface area contributed by atoms with Crippen molar-refractivity contribution in [3.8, 4) is 0 Å². The van der Waals surface area contributed by atoms with E-state index in [1.165, 1.54) is 5.56 Å². The highest BCUT2D eigenvalue weighted by molar-refractivity contribution is 5.13. The van der Waals surface area contributed by atoms with Gasteiger partial charge in [0.2, 0.25) is 0 Å². The Hall–Kier alpha value is -0.930. The zero-order valence-electron chi connectivity index (χ0n) is 9.70. The van der Waals surface area contributed by atoms with E-state index in [0.29, 0.717) is 6.04 Å². The van der Waals surface area contributed by atoms with Crippen LogP contribution < -0.4 is 5.32 Å². The third-order valence-corrected chi connectivity index (χ3v) is 2.52. The maximum Gasteiger partial charge on any atom is 0.0494 e. The molecule has 84 valence electrons. The van der Waals surface area contributed by atoms with Crippen molar-refractivity contribution >= 4 is 0 Å². The van der Waals surface area contributed by atoms with Gasteiger partial charge in [-0.2, -0.15) is 0 Å². The maximum absolute atomic E-state index is 9.13. The topological polar surface area (TPSA) is 45.1 Å². The number of rotatable bonds is 5. The number of hydrogen-bond acceptors (Lipinski definition) is 3. The van der Waals surface area contributed by atoms with Gasteiger partial charge in [0.1, 0.15) is 0 Å². The molecule has 0 aromatic carbocycles. The SMILES string of the molecule is C[C@@H](NCC(C)(C)CO)c1ccncc1. The van der Waals surface area contributed by atoms with Crippen LogP contribution in [-0.2, 0) is 0 Å². The van der Waals surface area contributed by atoms with Gasteiger partial charge >= 0.3 is 0 Å². The highest BCUT2D eigenvalue weighted by atomic mass is 16.3. The van der Waals surface area contributed by atoms with E-state index in [0.717, 1.165) is 6.54 Å². The summed E-state index contributed by atoms with van der Waals surface area (Å²) in [5, 5.41) is 12.5. The van der Waals surface area contributed by atoms with E-state index >= 15 is 0 Å². The minimum Gasteiger partial charge on any atom is -0.396 e. The Morgan fingerprint density at radius 2 is 2.00 bits per heavy atom. The van der Waals surface area contributed by atoms with Gasteiger partial charge in [-0.1, -0.05) is 13.8 Å². The molecule has 1 aromatic heterocycles. The molecule has 0 radical (unpaired) electrons. The molecule has 1 atom stereocenters. The van der Waals surface area contributed by atoms with Gasteiger partial charge in [0.05, 0.1) is 0 Å². The van der Waals surface area contributed by atoms with Crippen LogP contribution in [0.15, 0.2) is 24.5 Å². The first-order valence-electron chi connectivity index (χ1n) is 5.29. The van der Waals surface area contributed by atoms with Crippen molar-refractivity contribution in [2.45, 2.75) is 26.8 Å². The molecule has 0 bridgehead atoms. The van der Waals surface area contributed by atoms with Crippen LogP contribution in [0, 0.1) is 5.41 Å². The van der Waals surface area contributed by atoms with Crippen molar-refractivity contribution < 1.29 is 5.11 Å².